The third kappa shape index (κ3) is 2.98. The van der Waals surface area contributed by atoms with Crippen molar-refractivity contribution < 1.29 is 14.6 Å². The first kappa shape index (κ1) is 15.7. The molecule has 114 valence electrons. The van der Waals surface area contributed by atoms with Gasteiger partial charge in [-0.15, -0.1) is 0 Å². The minimum absolute atomic E-state index is 0.0412. The van der Waals surface area contributed by atoms with Crippen LogP contribution in [0.4, 0.5) is 5.13 Å². The van der Waals surface area contributed by atoms with Gasteiger partial charge in [0.25, 0.3) is 0 Å². The number of rotatable bonds is 4. The number of hydrogen-bond donors (Lipinski definition) is 1. The zero-order valence-corrected chi connectivity index (χ0v) is 13.7. The molecule has 1 aromatic heterocycles. The van der Waals surface area contributed by atoms with Gasteiger partial charge in [0.05, 0.1) is 17.2 Å². The molecule has 1 saturated heterocycles. The smallest absolute Gasteiger partial charge is 0.186 e. The maximum Gasteiger partial charge on any atom is 0.186 e. The Balaban J connectivity index is 2.24. The van der Waals surface area contributed by atoms with Gasteiger partial charge in [0.15, 0.2) is 5.13 Å². The van der Waals surface area contributed by atoms with Crippen molar-refractivity contribution in [2.75, 3.05) is 32.2 Å². The largest absolute Gasteiger partial charge is 0.391 e. The molecule has 1 aliphatic heterocycles. The molecular weight excluding hydrogens is 276 g/mol. The van der Waals surface area contributed by atoms with E-state index in [-0.39, 0.29) is 24.2 Å². The summed E-state index contributed by atoms with van der Waals surface area (Å²) in [6.07, 6.45) is 0.138. The van der Waals surface area contributed by atoms with Crippen molar-refractivity contribution in [2.45, 2.75) is 45.0 Å². The highest BCUT2D eigenvalue weighted by atomic mass is 32.1. The molecular formula is C14H24N2O3S. The average molecular weight is 300 g/mol. The van der Waals surface area contributed by atoms with Gasteiger partial charge in [0, 0.05) is 32.7 Å². The van der Waals surface area contributed by atoms with Crippen LogP contribution in [0.1, 0.15) is 31.3 Å². The van der Waals surface area contributed by atoms with E-state index in [2.05, 4.69) is 25.7 Å². The number of nitrogens with zero attached hydrogens (tertiary/aromatic N) is 2. The summed E-state index contributed by atoms with van der Waals surface area (Å²) in [6.45, 7) is 7.94. The van der Waals surface area contributed by atoms with Crippen LogP contribution in [0, 0.1) is 0 Å². The lowest BCUT2D eigenvalue weighted by Crippen LogP contribution is -2.27. The van der Waals surface area contributed by atoms with Gasteiger partial charge in [-0.25, -0.2) is 4.98 Å². The fraction of sp³-hybridized carbons (Fsp3) is 0.786. The summed E-state index contributed by atoms with van der Waals surface area (Å²) < 4.78 is 10.9. The minimum Gasteiger partial charge on any atom is -0.391 e. The van der Waals surface area contributed by atoms with Crippen LogP contribution >= 0.6 is 11.3 Å². The van der Waals surface area contributed by atoms with E-state index >= 15 is 0 Å². The van der Waals surface area contributed by atoms with E-state index in [4.69, 9.17) is 14.5 Å². The molecule has 2 heterocycles. The molecule has 1 N–H and O–H groups in total. The van der Waals surface area contributed by atoms with Crippen molar-refractivity contribution in [3.63, 3.8) is 0 Å². The van der Waals surface area contributed by atoms with Crippen LogP contribution in [0.2, 0.25) is 0 Å². The van der Waals surface area contributed by atoms with E-state index in [1.165, 1.54) is 0 Å². The first-order valence-corrected chi connectivity index (χ1v) is 7.64. The lowest BCUT2D eigenvalue weighted by atomic mass is 9.91. The van der Waals surface area contributed by atoms with Gasteiger partial charge >= 0.3 is 0 Å². The fourth-order valence-electron chi connectivity index (χ4n) is 2.52. The zero-order valence-electron chi connectivity index (χ0n) is 12.8. The summed E-state index contributed by atoms with van der Waals surface area (Å²) in [4.78, 5) is 7.87. The first-order valence-electron chi connectivity index (χ1n) is 6.82. The number of aliphatic hydroxyl groups is 1. The van der Waals surface area contributed by atoms with E-state index < -0.39 is 0 Å². The average Bonchev–Trinajstić information content (AvgIpc) is 3.00. The van der Waals surface area contributed by atoms with Gasteiger partial charge < -0.3 is 19.5 Å². The Bertz CT molecular complexity index is 444. The second kappa shape index (κ2) is 5.97. The second-order valence-electron chi connectivity index (χ2n) is 6.13. The van der Waals surface area contributed by atoms with Crippen molar-refractivity contribution in [3.05, 3.63) is 10.6 Å². The SMILES string of the molecule is COC1CN(c2nc(C(C)(C)C)c(CO)s2)CC1OC. The number of ether oxygens (including phenoxy) is 2. The monoisotopic (exact) mass is 300 g/mol. The molecule has 1 aliphatic rings. The van der Waals surface area contributed by atoms with Gasteiger partial charge in [-0.2, -0.15) is 0 Å². The zero-order chi connectivity index (χ0) is 14.9. The Labute approximate surface area is 124 Å². The van der Waals surface area contributed by atoms with E-state index in [9.17, 15) is 5.11 Å². The molecule has 0 aromatic carbocycles. The highest BCUT2D eigenvalue weighted by molar-refractivity contribution is 7.15. The van der Waals surface area contributed by atoms with Crippen molar-refractivity contribution in [1.82, 2.24) is 4.98 Å². The molecule has 0 spiro atoms. The van der Waals surface area contributed by atoms with Crippen LogP contribution in [0.3, 0.4) is 0 Å². The molecule has 1 fully saturated rings. The summed E-state index contributed by atoms with van der Waals surface area (Å²) in [7, 11) is 3.42. The predicted molar refractivity (Wildman–Crippen MR) is 80.5 cm³/mol. The third-order valence-corrected chi connectivity index (χ3v) is 4.73. The Morgan fingerprint density at radius 2 is 1.80 bits per heavy atom. The molecule has 0 radical (unpaired) electrons. The molecule has 0 bridgehead atoms. The molecule has 2 rings (SSSR count). The molecule has 20 heavy (non-hydrogen) atoms. The second-order valence-corrected chi connectivity index (χ2v) is 7.19. The Morgan fingerprint density at radius 1 is 1.25 bits per heavy atom. The Hall–Kier alpha value is -0.690. The maximum absolute atomic E-state index is 9.54. The van der Waals surface area contributed by atoms with Gasteiger partial charge in [-0.05, 0) is 0 Å². The summed E-state index contributed by atoms with van der Waals surface area (Å²) in [6, 6.07) is 0. The molecule has 1 aromatic rings. The number of methoxy groups -OCH3 is 2. The van der Waals surface area contributed by atoms with Gasteiger partial charge in [0.2, 0.25) is 0 Å². The number of thiazole rings is 1. The Kier molecular flexibility index (Phi) is 4.69. The number of hydrogen-bond acceptors (Lipinski definition) is 6. The van der Waals surface area contributed by atoms with Crippen molar-refractivity contribution >= 4 is 16.5 Å². The molecule has 0 amide bonds. The van der Waals surface area contributed by atoms with E-state index in [1.54, 1.807) is 25.6 Å². The highest BCUT2D eigenvalue weighted by Crippen LogP contribution is 2.35. The summed E-state index contributed by atoms with van der Waals surface area (Å²) in [5.74, 6) is 0. The number of anilines is 1. The Morgan fingerprint density at radius 3 is 2.15 bits per heavy atom. The summed E-state index contributed by atoms with van der Waals surface area (Å²) in [5, 5.41) is 10.5. The lowest BCUT2D eigenvalue weighted by Gasteiger charge is -2.17. The molecule has 0 aliphatic carbocycles. The van der Waals surface area contributed by atoms with Crippen molar-refractivity contribution in [1.29, 1.82) is 0 Å². The molecule has 0 saturated carbocycles. The normalized spacial score (nSPS) is 23.6. The van der Waals surface area contributed by atoms with Crippen molar-refractivity contribution in [2.24, 2.45) is 0 Å². The van der Waals surface area contributed by atoms with E-state index in [0.29, 0.717) is 0 Å². The fourth-order valence-corrected chi connectivity index (χ4v) is 3.67. The minimum atomic E-state index is -0.0617. The molecule has 2 unspecified atom stereocenters. The predicted octanol–water partition coefficient (Wildman–Crippen LogP) is 1.78. The number of aromatic nitrogens is 1. The van der Waals surface area contributed by atoms with Crippen molar-refractivity contribution in [3.8, 4) is 0 Å². The van der Waals surface area contributed by atoms with Gasteiger partial charge in [-0.1, -0.05) is 32.1 Å². The standard InChI is InChI=1S/C14H24N2O3S/c1-14(2,3)12-11(8-17)20-13(15-12)16-6-9(18-4)10(7-16)19-5/h9-10,17H,6-8H2,1-5H3. The van der Waals surface area contributed by atoms with Crippen LogP contribution in [0.15, 0.2) is 0 Å². The summed E-state index contributed by atoms with van der Waals surface area (Å²) in [5.41, 5.74) is 0.920. The molecule has 5 nitrogen and oxygen atoms in total. The maximum atomic E-state index is 9.54. The quantitative estimate of drug-likeness (QED) is 0.918. The molecule has 2 atom stereocenters. The van der Waals surface area contributed by atoms with Gasteiger partial charge in [-0.3, -0.25) is 0 Å². The highest BCUT2D eigenvalue weighted by Gasteiger charge is 2.35. The topological polar surface area (TPSA) is 54.8 Å². The summed E-state index contributed by atoms with van der Waals surface area (Å²) >= 11 is 1.56. The molecule has 6 heteroatoms. The first-order chi connectivity index (χ1) is 9.40. The van der Waals surface area contributed by atoms with Crippen LogP contribution in [0.25, 0.3) is 0 Å². The van der Waals surface area contributed by atoms with Crippen LogP contribution < -0.4 is 4.90 Å². The van der Waals surface area contributed by atoms with E-state index in [0.717, 1.165) is 28.8 Å². The lowest BCUT2D eigenvalue weighted by molar-refractivity contribution is -0.00461. The number of aliphatic hydroxyl groups excluding tert-OH is 1. The van der Waals surface area contributed by atoms with E-state index in [1.807, 2.05) is 0 Å². The third-order valence-electron chi connectivity index (χ3n) is 3.63. The van der Waals surface area contributed by atoms with Crippen LogP contribution in [-0.4, -0.2) is 49.6 Å². The van der Waals surface area contributed by atoms with Gasteiger partial charge in [0.1, 0.15) is 12.2 Å². The van der Waals surface area contributed by atoms with Crippen LogP contribution in [-0.2, 0) is 21.5 Å². The van der Waals surface area contributed by atoms with Crippen LogP contribution in [0.5, 0.6) is 0 Å².